The van der Waals surface area contributed by atoms with E-state index in [1.807, 2.05) is 140 Å². The molecular formula is C52H48MnN8O4. The molecule has 0 atom stereocenters. The van der Waals surface area contributed by atoms with Crippen molar-refractivity contribution in [3.63, 3.8) is 0 Å². The zero-order valence-corrected chi connectivity index (χ0v) is 37.1. The summed E-state index contributed by atoms with van der Waals surface area (Å²) in [5, 5.41) is 46.2. The van der Waals surface area contributed by atoms with Gasteiger partial charge in [0.05, 0.1) is 22.8 Å². The van der Waals surface area contributed by atoms with Crippen molar-refractivity contribution in [2.75, 3.05) is 26.4 Å². The van der Waals surface area contributed by atoms with Gasteiger partial charge in [-0.05, 0) is 96.5 Å². The van der Waals surface area contributed by atoms with Crippen LogP contribution < -0.4 is 48.7 Å². The SMILES string of the molecule is [Mn+2].[O-]CCC[n+]1cccc(-c2c3nc(c(-c4ccc[n+](CCC[O-])c4)c4ccc([n-]4)c(-c4ccc[n+](CCC[O-])c4)c4nc(c(-c5ccc[n+](CCC[O-])c5)c5ccc2[n-]5)C=C4)C=C3)c1. The molecule has 0 fully saturated rings. The molecule has 0 saturated heterocycles. The van der Waals surface area contributed by atoms with Gasteiger partial charge in [0.1, 0.15) is 26.2 Å². The van der Waals surface area contributed by atoms with E-state index >= 15 is 0 Å². The van der Waals surface area contributed by atoms with Crippen molar-refractivity contribution in [1.29, 1.82) is 0 Å². The van der Waals surface area contributed by atoms with Crippen molar-refractivity contribution in [2.24, 2.45) is 0 Å². The monoisotopic (exact) mass is 903 g/mol. The van der Waals surface area contributed by atoms with E-state index in [0.717, 1.165) is 89.4 Å². The molecule has 2 aliphatic rings. The molecule has 8 bridgehead atoms. The van der Waals surface area contributed by atoms with Crippen molar-refractivity contribution in [2.45, 2.75) is 51.9 Å². The van der Waals surface area contributed by atoms with Gasteiger partial charge in [0.2, 0.25) is 0 Å². The first kappa shape index (κ1) is 45.1. The van der Waals surface area contributed by atoms with E-state index in [4.69, 9.17) is 19.9 Å². The van der Waals surface area contributed by atoms with E-state index in [9.17, 15) is 20.4 Å². The molecule has 65 heavy (non-hydrogen) atoms. The first-order chi connectivity index (χ1) is 31.5. The fourth-order valence-corrected chi connectivity index (χ4v) is 8.49. The summed E-state index contributed by atoms with van der Waals surface area (Å²) < 4.78 is 8.14. The second-order valence-electron chi connectivity index (χ2n) is 15.9. The van der Waals surface area contributed by atoms with Gasteiger partial charge in [-0.25, -0.2) is 28.2 Å². The van der Waals surface area contributed by atoms with Gasteiger partial charge < -0.3 is 30.4 Å². The molecule has 9 rings (SSSR count). The second-order valence-corrected chi connectivity index (χ2v) is 15.9. The molecule has 1 radical (unpaired) electrons. The largest absolute Gasteiger partial charge is 2.00 e. The van der Waals surface area contributed by atoms with E-state index in [2.05, 4.69) is 24.8 Å². The van der Waals surface area contributed by atoms with E-state index in [1.165, 1.54) is 0 Å². The van der Waals surface area contributed by atoms with Crippen molar-refractivity contribution < 1.29 is 55.8 Å². The van der Waals surface area contributed by atoms with Crippen molar-refractivity contribution in [1.82, 2.24) is 19.9 Å². The van der Waals surface area contributed by atoms with Gasteiger partial charge in [0.15, 0.2) is 49.6 Å². The van der Waals surface area contributed by atoms with E-state index in [1.54, 1.807) is 0 Å². The zero-order valence-electron chi connectivity index (χ0n) is 35.9. The van der Waals surface area contributed by atoms with E-state index in [-0.39, 0.29) is 43.5 Å². The Labute approximate surface area is 388 Å². The summed E-state index contributed by atoms with van der Waals surface area (Å²) in [6.45, 7) is 1.67. The molecule has 327 valence electrons. The Morgan fingerprint density at radius 2 is 0.615 bits per heavy atom. The molecule has 0 amide bonds. The molecule has 12 nitrogen and oxygen atoms in total. The van der Waals surface area contributed by atoms with Crippen LogP contribution in [-0.2, 0) is 43.2 Å². The van der Waals surface area contributed by atoms with Crippen molar-refractivity contribution in [3.8, 4) is 44.5 Å². The molecule has 0 N–H and O–H groups in total. The maximum Gasteiger partial charge on any atom is 2.00 e. The van der Waals surface area contributed by atoms with Crippen LogP contribution in [0.25, 0.3) is 90.9 Å². The van der Waals surface area contributed by atoms with Crippen molar-refractivity contribution >= 4 is 46.4 Å². The first-order valence-electron chi connectivity index (χ1n) is 21.9. The minimum Gasteiger partial charge on any atom is -0.854 e. The van der Waals surface area contributed by atoms with E-state index < -0.39 is 0 Å². The standard InChI is InChI=1S/C52H48N8O4.Mn/c61-29-5-25-57-21-1-9-37(33-57)49-41-13-15-43(53-41)50(38-10-2-22-58(34-38)26-6-30-62)45-17-19-47(55-45)52(40-12-4-24-60(36-40)28-8-32-64)48-20-18-46(56-48)51(44-16-14-42(49)54-44)39-11-3-23-59(35-39)27-7-31-63;/h1-4,9-24,33-36H,5-8,25-32H2;/q-2;+2. The summed E-state index contributed by atoms with van der Waals surface area (Å²) in [5.74, 6) is 0. The molecule has 9 heterocycles. The number of rotatable bonds is 16. The average Bonchev–Trinajstić information content (AvgIpc) is 4.18. The van der Waals surface area contributed by atoms with Crippen LogP contribution in [0.3, 0.4) is 0 Å². The minimum absolute atomic E-state index is 0. The molecule has 0 spiro atoms. The van der Waals surface area contributed by atoms with Gasteiger partial charge >= 0.3 is 17.1 Å². The normalized spacial score (nSPS) is 11.9. The number of aryl methyl sites for hydroxylation is 4. The topological polar surface area (TPSA) is 162 Å². The number of pyridine rings is 4. The summed E-state index contributed by atoms with van der Waals surface area (Å²) in [7, 11) is 0. The van der Waals surface area contributed by atoms with Crippen LogP contribution in [0.1, 0.15) is 48.5 Å². The first-order valence-corrected chi connectivity index (χ1v) is 21.9. The summed E-state index contributed by atoms with van der Waals surface area (Å²) in [6, 6.07) is 24.2. The van der Waals surface area contributed by atoms with Gasteiger partial charge in [-0.2, -0.15) is 0 Å². The number of nitrogens with zero attached hydrogens (tertiary/aromatic N) is 8. The minimum atomic E-state index is -0.165. The maximum atomic E-state index is 11.5. The predicted molar refractivity (Wildman–Crippen MR) is 237 cm³/mol. The Balaban J connectivity index is 0.00000576. The molecular weight excluding hydrogens is 856 g/mol. The third-order valence-corrected chi connectivity index (χ3v) is 11.4. The van der Waals surface area contributed by atoms with Gasteiger partial charge in [0.25, 0.3) is 0 Å². The summed E-state index contributed by atoms with van der Waals surface area (Å²) in [6.07, 6.45) is 26.2. The fourth-order valence-electron chi connectivity index (χ4n) is 8.49. The smallest absolute Gasteiger partial charge is 0.854 e. The molecule has 7 aromatic heterocycles. The number of fused-ring (bicyclic) bond motifs is 8. The molecule has 0 aromatic carbocycles. The average molecular weight is 904 g/mol. The quantitative estimate of drug-likeness (QED) is 0.106. The number of hydrogen-bond acceptors (Lipinski definition) is 6. The third-order valence-electron chi connectivity index (χ3n) is 11.4. The molecule has 0 aliphatic carbocycles. The number of aromatic nitrogens is 8. The van der Waals surface area contributed by atoms with Crippen LogP contribution >= 0.6 is 0 Å². The van der Waals surface area contributed by atoms with Crippen LogP contribution in [0.15, 0.2) is 122 Å². The molecule has 0 unspecified atom stereocenters. The molecule has 0 saturated carbocycles. The molecule has 7 aromatic rings. The van der Waals surface area contributed by atoms with Crippen LogP contribution in [0.5, 0.6) is 0 Å². The Hall–Kier alpha value is -6.44. The van der Waals surface area contributed by atoms with Crippen LogP contribution in [0, 0.1) is 0 Å². The Morgan fingerprint density at radius 3 is 0.846 bits per heavy atom. The zero-order chi connectivity index (χ0) is 43.8. The summed E-state index contributed by atoms with van der Waals surface area (Å²) in [4.78, 5) is 21.6. The summed E-state index contributed by atoms with van der Waals surface area (Å²) in [5.41, 5.74) is 12.7. The predicted octanol–water partition coefficient (Wildman–Crippen LogP) is 2.73. The Bertz CT molecular complexity index is 2650. The number of hydrogen-bond donors (Lipinski definition) is 0. The second kappa shape index (κ2) is 21.0. The van der Waals surface area contributed by atoms with Crippen LogP contribution in [0.2, 0.25) is 0 Å². The van der Waals surface area contributed by atoms with Gasteiger partial charge in [-0.1, -0.05) is 24.3 Å². The Kier molecular flexibility index (Phi) is 14.6. The van der Waals surface area contributed by atoms with Crippen LogP contribution in [0.4, 0.5) is 0 Å². The van der Waals surface area contributed by atoms with Gasteiger partial charge in [0, 0.05) is 46.5 Å². The molecule has 2 aliphatic heterocycles. The third kappa shape index (κ3) is 9.96. The van der Waals surface area contributed by atoms with Gasteiger partial charge in [-0.3, -0.25) is 0 Å². The van der Waals surface area contributed by atoms with E-state index in [0.29, 0.717) is 51.9 Å². The maximum absolute atomic E-state index is 11.5. The van der Waals surface area contributed by atoms with Gasteiger partial charge in [-0.15, -0.1) is 48.5 Å². The van der Waals surface area contributed by atoms with Crippen LogP contribution in [-0.4, -0.2) is 36.4 Å². The molecule has 13 heteroatoms. The summed E-state index contributed by atoms with van der Waals surface area (Å²) >= 11 is 0. The Morgan fingerprint density at radius 1 is 0.369 bits per heavy atom. The van der Waals surface area contributed by atoms with Crippen molar-refractivity contribution in [3.05, 3.63) is 145 Å². The fraction of sp³-hybridized carbons (Fsp3) is 0.231.